The van der Waals surface area contributed by atoms with E-state index in [0.717, 1.165) is 25.0 Å². The molecule has 1 aliphatic rings. The van der Waals surface area contributed by atoms with E-state index in [1.54, 1.807) is 6.26 Å². The van der Waals surface area contributed by atoms with Gasteiger partial charge in [-0.3, -0.25) is 0 Å². The topological polar surface area (TPSA) is 54.3 Å². The highest BCUT2D eigenvalue weighted by Gasteiger charge is 2.23. The van der Waals surface area contributed by atoms with Crippen LogP contribution in [-0.4, -0.2) is 18.1 Å². The largest absolute Gasteiger partial charge is 0.469 e. The van der Waals surface area contributed by atoms with Gasteiger partial charge < -0.3 is 15.1 Å². The number of amides is 2. The summed E-state index contributed by atoms with van der Waals surface area (Å²) >= 11 is 0. The monoisotopic (exact) mass is 208 g/mol. The van der Waals surface area contributed by atoms with Gasteiger partial charge in [-0.15, -0.1) is 0 Å². The molecular weight excluding hydrogens is 192 g/mol. The fourth-order valence-electron chi connectivity index (χ4n) is 1.46. The van der Waals surface area contributed by atoms with Gasteiger partial charge in [-0.1, -0.05) is 0 Å². The maximum Gasteiger partial charge on any atom is 0.315 e. The smallest absolute Gasteiger partial charge is 0.315 e. The van der Waals surface area contributed by atoms with Crippen molar-refractivity contribution in [2.45, 2.75) is 38.3 Å². The van der Waals surface area contributed by atoms with Crippen LogP contribution in [0, 0.1) is 0 Å². The average molecular weight is 208 g/mol. The Kier molecular flexibility index (Phi) is 2.94. The van der Waals surface area contributed by atoms with Crippen molar-refractivity contribution in [2.75, 3.05) is 0 Å². The molecule has 0 unspecified atom stereocenters. The van der Waals surface area contributed by atoms with Crippen molar-refractivity contribution in [1.29, 1.82) is 0 Å². The normalized spacial score (nSPS) is 17.1. The Morgan fingerprint density at radius 2 is 2.47 bits per heavy atom. The van der Waals surface area contributed by atoms with Crippen LogP contribution >= 0.6 is 0 Å². The molecule has 1 aromatic heterocycles. The first-order valence-electron chi connectivity index (χ1n) is 5.33. The molecule has 1 aromatic rings. The molecule has 0 radical (unpaired) electrons. The summed E-state index contributed by atoms with van der Waals surface area (Å²) in [5.74, 6) is 0.897. The van der Waals surface area contributed by atoms with Crippen LogP contribution in [0.2, 0.25) is 0 Å². The molecule has 1 saturated carbocycles. The first-order chi connectivity index (χ1) is 7.24. The third kappa shape index (κ3) is 3.31. The highest BCUT2D eigenvalue weighted by molar-refractivity contribution is 5.74. The first kappa shape index (κ1) is 10.1. The number of carbonyl (C=O) groups excluding carboxylic acids is 1. The van der Waals surface area contributed by atoms with Crippen molar-refractivity contribution in [2.24, 2.45) is 0 Å². The summed E-state index contributed by atoms with van der Waals surface area (Å²) in [6, 6.07) is 4.19. The molecule has 0 saturated heterocycles. The molecule has 82 valence electrons. The molecule has 15 heavy (non-hydrogen) atoms. The summed E-state index contributed by atoms with van der Waals surface area (Å²) in [7, 11) is 0. The third-order valence-electron chi connectivity index (χ3n) is 2.38. The molecule has 1 heterocycles. The Balaban J connectivity index is 1.71. The highest BCUT2D eigenvalue weighted by Crippen LogP contribution is 2.18. The van der Waals surface area contributed by atoms with Crippen LogP contribution in [0.3, 0.4) is 0 Å². The second-order valence-electron chi connectivity index (χ2n) is 4.08. The molecule has 2 amide bonds. The van der Waals surface area contributed by atoms with Crippen molar-refractivity contribution < 1.29 is 9.21 Å². The average Bonchev–Trinajstić information content (AvgIpc) is 2.80. The van der Waals surface area contributed by atoms with Gasteiger partial charge in [0.25, 0.3) is 0 Å². The molecule has 0 aliphatic heterocycles. The Morgan fingerprint density at radius 1 is 1.67 bits per heavy atom. The van der Waals surface area contributed by atoms with E-state index in [1.165, 1.54) is 0 Å². The van der Waals surface area contributed by atoms with Gasteiger partial charge in [-0.2, -0.15) is 0 Å². The highest BCUT2D eigenvalue weighted by atomic mass is 16.3. The minimum absolute atomic E-state index is 0.0726. The lowest BCUT2D eigenvalue weighted by molar-refractivity contribution is 0.237. The quantitative estimate of drug-likeness (QED) is 0.790. The molecule has 2 rings (SSSR count). The van der Waals surface area contributed by atoms with E-state index >= 15 is 0 Å². The van der Waals surface area contributed by atoms with Crippen molar-refractivity contribution in [3.05, 3.63) is 24.2 Å². The van der Waals surface area contributed by atoms with E-state index in [2.05, 4.69) is 10.6 Å². The first-order valence-corrected chi connectivity index (χ1v) is 5.33. The van der Waals surface area contributed by atoms with E-state index in [1.807, 2.05) is 19.1 Å². The summed E-state index contributed by atoms with van der Waals surface area (Å²) in [5, 5.41) is 5.76. The fourth-order valence-corrected chi connectivity index (χ4v) is 1.46. The van der Waals surface area contributed by atoms with E-state index in [4.69, 9.17) is 4.42 Å². The number of rotatable bonds is 4. The molecule has 1 atom stereocenters. The zero-order chi connectivity index (χ0) is 10.7. The van der Waals surface area contributed by atoms with Gasteiger partial charge in [0, 0.05) is 18.5 Å². The minimum Gasteiger partial charge on any atom is -0.469 e. The minimum atomic E-state index is -0.0726. The zero-order valence-electron chi connectivity index (χ0n) is 8.82. The summed E-state index contributed by atoms with van der Waals surface area (Å²) in [5.41, 5.74) is 0. The van der Waals surface area contributed by atoms with E-state index < -0.39 is 0 Å². The second kappa shape index (κ2) is 4.38. The predicted molar refractivity (Wildman–Crippen MR) is 56.6 cm³/mol. The molecule has 2 N–H and O–H groups in total. The standard InChI is InChI=1S/C11H16N2O2/c1-8(7-10-3-2-6-15-10)12-11(14)13-9-4-5-9/h2-3,6,8-9H,4-5,7H2,1H3,(H2,12,13,14)/t8-/m0/s1. The molecule has 4 heteroatoms. The molecule has 1 fully saturated rings. The van der Waals surface area contributed by atoms with E-state index in [0.29, 0.717) is 6.04 Å². The van der Waals surface area contributed by atoms with Crippen molar-refractivity contribution in [3.63, 3.8) is 0 Å². The lowest BCUT2D eigenvalue weighted by Gasteiger charge is -2.12. The van der Waals surface area contributed by atoms with Crippen molar-refractivity contribution in [1.82, 2.24) is 10.6 Å². The van der Waals surface area contributed by atoms with Crippen LogP contribution < -0.4 is 10.6 Å². The van der Waals surface area contributed by atoms with Crippen LogP contribution in [0.1, 0.15) is 25.5 Å². The number of hydrogen-bond acceptors (Lipinski definition) is 2. The molecule has 0 spiro atoms. The molecular formula is C11H16N2O2. The number of hydrogen-bond donors (Lipinski definition) is 2. The second-order valence-corrected chi connectivity index (χ2v) is 4.08. The summed E-state index contributed by atoms with van der Waals surface area (Å²) in [6.07, 6.45) is 4.59. The lowest BCUT2D eigenvalue weighted by atomic mass is 10.2. The third-order valence-corrected chi connectivity index (χ3v) is 2.38. The lowest BCUT2D eigenvalue weighted by Crippen LogP contribution is -2.42. The Labute approximate surface area is 89.0 Å². The van der Waals surface area contributed by atoms with Crippen molar-refractivity contribution >= 4 is 6.03 Å². The number of nitrogens with one attached hydrogen (secondary N) is 2. The van der Waals surface area contributed by atoms with E-state index in [-0.39, 0.29) is 12.1 Å². The van der Waals surface area contributed by atoms with Gasteiger partial charge >= 0.3 is 6.03 Å². The van der Waals surface area contributed by atoms with Gasteiger partial charge in [-0.05, 0) is 31.9 Å². The summed E-state index contributed by atoms with van der Waals surface area (Å²) < 4.78 is 5.21. The summed E-state index contributed by atoms with van der Waals surface area (Å²) in [6.45, 7) is 1.97. The predicted octanol–water partition coefficient (Wildman–Crippen LogP) is 1.67. The molecule has 0 aromatic carbocycles. The van der Waals surface area contributed by atoms with Crippen LogP contribution in [-0.2, 0) is 6.42 Å². The number of furan rings is 1. The van der Waals surface area contributed by atoms with Gasteiger partial charge in [0.05, 0.1) is 6.26 Å². The molecule has 0 bridgehead atoms. The van der Waals surface area contributed by atoms with Gasteiger partial charge in [0.1, 0.15) is 5.76 Å². The number of urea groups is 1. The van der Waals surface area contributed by atoms with Crippen LogP contribution in [0.25, 0.3) is 0 Å². The summed E-state index contributed by atoms with van der Waals surface area (Å²) in [4.78, 5) is 11.4. The van der Waals surface area contributed by atoms with Crippen molar-refractivity contribution in [3.8, 4) is 0 Å². The SMILES string of the molecule is C[C@@H](Cc1ccco1)NC(=O)NC1CC1. The fraction of sp³-hybridized carbons (Fsp3) is 0.545. The van der Waals surface area contributed by atoms with Gasteiger partial charge in [0.15, 0.2) is 0 Å². The Hall–Kier alpha value is -1.45. The number of carbonyl (C=O) groups is 1. The molecule has 1 aliphatic carbocycles. The molecule has 4 nitrogen and oxygen atoms in total. The van der Waals surface area contributed by atoms with Gasteiger partial charge in [-0.25, -0.2) is 4.79 Å². The van der Waals surface area contributed by atoms with Crippen LogP contribution in [0.5, 0.6) is 0 Å². The van der Waals surface area contributed by atoms with Crippen LogP contribution in [0.4, 0.5) is 4.79 Å². The maximum atomic E-state index is 11.4. The van der Waals surface area contributed by atoms with Crippen LogP contribution in [0.15, 0.2) is 22.8 Å². The van der Waals surface area contributed by atoms with E-state index in [9.17, 15) is 4.79 Å². The Bertz CT molecular complexity index is 317. The Morgan fingerprint density at radius 3 is 3.07 bits per heavy atom. The zero-order valence-corrected chi connectivity index (χ0v) is 8.82. The maximum absolute atomic E-state index is 11.4. The van der Waals surface area contributed by atoms with Gasteiger partial charge in [0.2, 0.25) is 0 Å².